The van der Waals surface area contributed by atoms with Crippen LogP contribution in [0.3, 0.4) is 0 Å². The highest BCUT2D eigenvalue weighted by Crippen LogP contribution is 1.97. The van der Waals surface area contributed by atoms with E-state index in [1.54, 1.807) is 0 Å². The molecule has 12 heavy (non-hydrogen) atoms. The van der Waals surface area contributed by atoms with Crippen molar-refractivity contribution >= 4 is 18.9 Å². The zero-order valence-electron chi connectivity index (χ0n) is 7.66. The topological polar surface area (TPSA) is 55.1 Å². The molecule has 0 saturated heterocycles. The molecule has 2 atom stereocenters. The van der Waals surface area contributed by atoms with Gasteiger partial charge in [-0.1, -0.05) is 13.8 Å². The Hall–Kier alpha value is -0.0600. The number of hydrogen-bond acceptors (Lipinski definition) is 4. The number of rotatable bonds is 6. The maximum Gasteiger partial charge on any atom is 0.137 e. The molecule has 0 bridgehead atoms. The van der Waals surface area contributed by atoms with Crippen LogP contribution in [0, 0.1) is 5.92 Å². The van der Waals surface area contributed by atoms with Crippen LogP contribution in [0.4, 0.5) is 0 Å². The third kappa shape index (κ3) is 4.74. The van der Waals surface area contributed by atoms with Gasteiger partial charge in [0, 0.05) is 18.3 Å². The van der Waals surface area contributed by atoms with E-state index in [-0.39, 0.29) is 12.1 Å². The molecule has 0 aromatic carbocycles. The van der Waals surface area contributed by atoms with Gasteiger partial charge >= 0.3 is 0 Å². The molecular weight excluding hydrogens is 172 g/mol. The molecule has 0 rings (SSSR count). The Kier molecular flexibility index (Phi) is 6.42. The molecule has 72 valence electrons. The summed E-state index contributed by atoms with van der Waals surface area (Å²) in [6, 6.07) is -0.0644. The molecule has 3 nitrogen and oxygen atoms in total. The van der Waals surface area contributed by atoms with Crippen LogP contribution in [0.1, 0.15) is 13.8 Å². The second kappa shape index (κ2) is 6.46. The fourth-order valence-corrected chi connectivity index (χ4v) is 0.922. The number of hydrogen-bond donors (Lipinski definition) is 3. The Bertz CT molecular complexity index is 130. The lowest BCUT2D eigenvalue weighted by Crippen LogP contribution is -2.43. The monoisotopic (exact) mass is 190 g/mol. The van der Waals surface area contributed by atoms with Crippen molar-refractivity contribution < 1.29 is 4.79 Å². The van der Waals surface area contributed by atoms with E-state index in [0.717, 1.165) is 6.29 Å². The highest BCUT2D eigenvalue weighted by atomic mass is 32.1. The molecule has 0 spiro atoms. The van der Waals surface area contributed by atoms with E-state index in [9.17, 15) is 4.79 Å². The molecule has 0 fully saturated rings. The second-order valence-electron chi connectivity index (χ2n) is 3.26. The predicted molar refractivity (Wildman–Crippen MR) is 54.5 cm³/mol. The predicted octanol–water partition coefficient (Wildman–Crippen LogP) is 0.0566. The quantitative estimate of drug-likeness (QED) is 0.410. The minimum absolute atomic E-state index is 0.0227. The van der Waals surface area contributed by atoms with E-state index in [0.29, 0.717) is 18.2 Å². The lowest BCUT2D eigenvalue weighted by atomic mass is 10.1. The van der Waals surface area contributed by atoms with Crippen LogP contribution in [0.15, 0.2) is 0 Å². The first-order valence-electron chi connectivity index (χ1n) is 4.17. The van der Waals surface area contributed by atoms with Gasteiger partial charge < -0.3 is 15.8 Å². The average Bonchev–Trinajstić information content (AvgIpc) is 2.04. The Morgan fingerprint density at radius 3 is 2.50 bits per heavy atom. The van der Waals surface area contributed by atoms with E-state index >= 15 is 0 Å². The molecule has 4 heteroatoms. The van der Waals surface area contributed by atoms with Gasteiger partial charge in [0.1, 0.15) is 6.29 Å². The highest BCUT2D eigenvalue weighted by molar-refractivity contribution is 7.80. The van der Waals surface area contributed by atoms with Crippen LogP contribution in [0.25, 0.3) is 0 Å². The van der Waals surface area contributed by atoms with E-state index in [4.69, 9.17) is 5.73 Å². The SMILES string of the molecule is CC(C)[C@@H](C=O)NCC(N)CS. The normalized spacial score (nSPS) is 16.1. The van der Waals surface area contributed by atoms with E-state index in [2.05, 4.69) is 17.9 Å². The van der Waals surface area contributed by atoms with Gasteiger partial charge in [-0.25, -0.2) is 0 Å². The Morgan fingerprint density at radius 1 is 1.58 bits per heavy atom. The van der Waals surface area contributed by atoms with Gasteiger partial charge in [-0.15, -0.1) is 0 Å². The van der Waals surface area contributed by atoms with E-state index in [1.165, 1.54) is 0 Å². The summed E-state index contributed by atoms with van der Waals surface area (Å²) in [5.74, 6) is 0.950. The molecule has 0 amide bonds. The smallest absolute Gasteiger partial charge is 0.137 e. The van der Waals surface area contributed by atoms with Gasteiger partial charge in [0.05, 0.1) is 6.04 Å². The number of nitrogens with two attached hydrogens (primary N) is 1. The summed E-state index contributed by atoms with van der Waals surface area (Å²) in [6.45, 7) is 4.64. The van der Waals surface area contributed by atoms with Crippen LogP contribution in [0.2, 0.25) is 0 Å². The number of thiol groups is 1. The largest absolute Gasteiger partial charge is 0.326 e. The third-order valence-electron chi connectivity index (χ3n) is 1.72. The molecule has 0 aromatic heterocycles. The molecule has 0 aliphatic carbocycles. The summed E-state index contributed by atoms with van der Waals surface area (Å²) in [4.78, 5) is 10.5. The first kappa shape index (κ1) is 11.9. The number of carbonyl (C=O) groups excluding carboxylic acids is 1. The Morgan fingerprint density at radius 2 is 2.17 bits per heavy atom. The minimum atomic E-state index is -0.0871. The zero-order chi connectivity index (χ0) is 9.56. The summed E-state index contributed by atoms with van der Waals surface area (Å²) in [5, 5.41) is 3.08. The third-order valence-corrected chi connectivity index (χ3v) is 2.18. The zero-order valence-corrected chi connectivity index (χ0v) is 8.55. The molecule has 0 aliphatic rings. The molecule has 0 heterocycles. The van der Waals surface area contributed by atoms with Gasteiger partial charge in [-0.05, 0) is 5.92 Å². The van der Waals surface area contributed by atoms with Gasteiger partial charge in [0.2, 0.25) is 0 Å². The first-order chi connectivity index (χ1) is 5.61. The van der Waals surface area contributed by atoms with E-state index in [1.807, 2.05) is 13.8 Å². The van der Waals surface area contributed by atoms with Crippen molar-refractivity contribution in [2.24, 2.45) is 11.7 Å². The van der Waals surface area contributed by atoms with Gasteiger partial charge in [-0.2, -0.15) is 12.6 Å². The number of nitrogens with one attached hydrogen (secondary N) is 1. The molecule has 0 aliphatic heterocycles. The highest BCUT2D eigenvalue weighted by Gasteiger charge is 2.11. The summed E-state index contributed by atoms with van der Waals surface area (Å²) < 4.78 is 0. The van der Waals surface area contributed by atoms with Crippen molar-refractivity contribution in [2.75, 3.05) is 12.3 Å². The Labute approximate surface area is 79.5 Å². The first-order valence-corrected chi connectivity index (χ1v) is 4.80. The summed E-state index contributed by atoms with van der Waals surface area (Å²) in [6.07, 6.45) is 0.926. The van der Waals surface area contributed by atoms with Crippen LogP contribution in [-0.4, -0.2) is 30.7 Å². The lowest BCUT2D eigenvalue weighted by Gasteiger charge is -2.18. The standard InChI is InChI=1S/C8H18N2OS/c1-6(2)8(4-11)10-3-7(9)5-12/h4,6-8,10,12H,3,5,9H2,1-2H3/t7?,8-/m1/s1. The minimum Gasteiger partial charge on any atom is -0.326 e. The van der Waals surface area contributed by atoms with Gasteiger partial charge in [0.15, 0.2) is 0 Å². The van der Waals surface area contributed by atoms with Crippen LogP contribution in [0.5, 0.6) is 0 Å². The summed E-state index contributed by atoms with van der Waals surface area (Å²) >= 11 is 4.05. The van der Waals surface area contributed by atoms with Crippen molar-refractivity contribution in [2.45, 2.75) is 25.9 Å². The molecule has 0 saturated carbocycles. The summed E-state index contributed by atoms with van der Waals surface area (Å²) in [5.41, 5.74) is 5.62. The summed E-state index contributed by atoms with van der Waals surface area (Å²) in [7, 11) is 0. The second-order valence-corrected chi connectivity index (χ2v) is 3.62. The molecule has 0 aromatic rings. The van der Waals surface area contributed by atoms with Crippen molar-refractivity contribution in [1.29, 1.82) is 0 Å². The van der Waals surface area contributed by atoms with Crippen LogP contribution in [-0.2, 0) is 4.79 Å². The maximum absolute atomic E-state index is 10.5. The van der Waals surface area contributed by atoms with Crippen molar-refractivity contribution in [3.05, 3.63) is 0 Å². The lowest BCUT2D eigenvalue weighted by molar-refractivity contribution is -0.110. The number of aldehydes is 1. The van der Waals surface area contributed by atoms with Crippen LogP contribution < -0.4 is 11.1 Å². The maximum atomic E-state index is 10.5. The molecule has 1 unspecified atom stereocenters. The molecule has 0 radical (unpaired) electrons. The van der Waals surface area contributed by atoms with Gasteiger partial charge in [-0.3, -0.25) is 0 Å². The fraction of sp³-hybridized carbons (Fsp3) is 0.875. The number of carbonyl (C=O) groups is 1. The van der Waals surface area contributed by atoms with Crippen LogP contribution >= 0.6 is 12.6 Å². The van der Waals surface area contributed by atoms with Crippen molar-refractivity contribution in [3.8, 4) is 0 Å². The molecule has 3 N–H and O–H groups in total. The average molecular weight is 190 g/mol. The fourth-order valence-electron chi connectivity index (χ4n) is 0.793. The Balaban J connectivity index is 3.65. The van der Waals surface area contributed by atoms with Crippen molar-refractivity contribution in [3.63, 3.8) is 0 Å². The van der Waals surface area contributed by atoms with E-state index < -0.39 is 0 Å². The van der Waals surface area contributed by atoms with Crippen molar-refractivity contribution in [1.82, 2.24) is 5.32 Å². The van der Waals surface area contributed by atoms with Gasteiger partial charge in [0.25, 0.3) is 0 Å². The molecular formula is C8H18N2OS.